The van der Waals surface area contributed by atoms with E-state index >= 15 is 0 Å². The van der Waals surface area contributed by atoms with Crippen LogP contribution in [0.1, 0.15) is 5.56 Å². The number of benzene rings is 2. The lowest BCUT2D eigenvalue weighted by molar-refractivity contribution is -0.116. The van der Waals surface area contributed by atoms with Crippen LogP contribution >= 0.6 is 0 Å². The molecule has 0 atom stereocenters. The number of nitrogens with one attached hydrogen (secondary N) is 1. The van der Waals surface area contributed by atoms with Crippen LogP contribution in [0.3, 0.4) is 0 Å². The van der Waals surface area contributed by atoms with Crippen molar-refractivity contribution in [3.63, 3.8) is 0 Å². The highest BCUT2D eigenvalue weighted by Gasteiger charge is 2.25. The van der Waals surface area contributed by atoms with E-state index in [0.717, 1.165) is 9.87 Å². The molecule has 0 aromatic heterocycles. The first kappa shape index (κ1) is 19.7. The van der Waals surface area contributed by atoms with Crippen LogP contribution in [0, 0.1) is 6.92 Å². The van der Waals surface area contributed by atoms with E-state index in [1.54, 1.807) is 24.3 Å². The molecule has 26 heavy (non-hydrogen) atoms. The van der Waals surface area contributed by atoms with Crippen molar-refractivity contribution in [1.82, 2.24) is 4.31 Å². The number of aryl methyl sites for hydroxylation is 1. The molecule has 0 aliphatic rings. The lowest BCUT2D eigenvalue weighted by atomic mass is 10.2. The van der Waals surface area contributed by atoms with Gasteiger partial charge in [0.2, 0.25) is 15.9 Å². The topological polar surface area (TPSA) is 75.7 Å². The maximum absolute atomic E-state index is 12.8. The maximum atomic E-state index is 12.8. The van der Waals surface area contributed by atoms with Gasteiger partial charge in [0.25, 0.3) is 0 Å². The SMILES string of the molecule is C=CCN(CC(=O)Nc1ccc(C)cc1)S(=O)(=O)c1ccc(OC)cc1. The molecule has 7 heteroatoms. The van der Waals surface area contributed by atoms with Crippen molar-refractivity contribution in [1.29, 1.82) is 0 Å². The highest BCUT2D eigenvalue weighted by atomic mass is 32.2. The monoisotopic (exact) mass is 374 g/mol. The molecule has 0 spiro atoms. The van der Waals surface area contributed by atoms with E-state index in [1.165, 1.54) is 25.3 Å². The van der Waals surface area contributed by atoms with Crippen molar-refractivity contribution in [2.75, 3.05) is 25.5 Å². The third kappa shape index (κ3) is 4.93. The third-order valence-corrected chi connectivity index (χ3v) is 5.51. The Morgan fingerprint density at radius 3 is 2.31 bits per heavy atom. The van der Waals surface area contributed by atoms with Crippen LogP contribution in [0.25, 0.3) is 0 Å². The van der Waals surface area contributed by atoms with E-state index in [-0.39, 0.29) is 18.0 Å². The Kier molecular flexibility index (Phi) is 6.54. The van der Waals surface area contributed by atoms with Crippen LogP contribution in [0.5, 0.6) is 5.75 Å². The second-order valence-electron chi connectivity index (χ2n) is 5.68. The molecule has 2 aromatic rings. The fourth-order valence-corrected chi connectivity index (χ4v) is 3.65. The van der Waals surface area contributed by atoms with E-state index in [0.29, 0.717) is 11.4 Å². The Balaban J connectivity index is 2.16. The summed E-state index contributed by atoms with van der Waals surface area (Å²) in [6.07, 6.45) is 1.44. The van der Waals surface area contributed by atoms with Crippen molar-refractivity contribution in [3.05, 3.63) is 66.7 Å². The molecule has 0 saturated heterocycles. The Hall–Kier alpha value is -2.64. The molecule has 2 aromatic carbocycles. The number of sulfonamides is 1. The first-order valence-corrected chi connectivity index (χ1v) is 9.42. The second kappa shape index (κ2) is 8.64. The van der Waals surface area contributed by atoms with Gasteiger partial charge in [-0.3, -0.25) is 4.79 Å². The summed E-state index contributed by atoms with van der Waals surface area (Å²) in [6.45, 7) is 5.23. The maximum Gasteiger partial charge on any atom is 0.243 e. The largest absolute Gasteiger partial charge is 0.497 e. The van der Waals surface area contributed by atoms with Crippen molar-refractivity contribution in [2.45, 2.75) is 11.8 Å². The van der Waals surface area contributed by atoms with Gasteiger partial charge < -0.3 is 10.1 Å². The van der Waals surface area contributed by atoms with E-state index in [2.05, 4.69) is 11.9 Å². The molecule has 1 amide bonds. The fourth-order valence-electron chi connectivity index (χ4n) is 2.29. The van der Waals surface area contributed by atoms with Gasteiger partial charge in [0.15, 0.2) is 0 Å². The van der Waals surface area contributed by atoms with Gasteiger partial charge in [-0.1, -0.05) is 23.8 Å². The summed E-state index contributed by atoms with van der Waals surface area (Å²) < 4.78 is 31.7. The molecule has 0 unspecified atom stereocenters. The molecule has 0 radical (unpaired) electrons. The number of carbonyl (C=O) groups excluding carboxylic acids is 1. The molecular formula is C19H22N2O4S. The number of hydrogen-bond donors (Lipinski definition) is 1. The standard InChI is InChI=1S/C19H22N2O4S/c1-4-13-21(14-19(22)20-16-7-5-15(2)6-8-16)26(23,24)18-11-9-17(25-3)10-12-18/h4-12H,1,13-14H2,2-3H3,(H,20,22). The van der Waals surface area contributed by atoms with Crippen molar-refractivity contribution in [3.8, 4) is 5.75 Å². The van der Waals surface area contributed by atoms with Gasteiger partial charge in [0.1, 0.15) is 5.75 Å². The Morgan fingerprint density at radius 1 is 1.15 bits per heavy atom. The Morgan fingerprint density at radius 2 is 1.77 bits per heavy atom. The van der Waals surface area contributed by atoms with Gasteiger partial charge in [-0.15, -0.1) is 6.58 Å². The van der Waals surface area contributed by atoms with E-state index in [1.807, 2.05) is 19.1 Å². The van der Waals surface area contributed by atoms with Gasteiger partial charge in [-0.05, 0) is 43.3 Å². The number of carbonyl (C=O) groups is 1. The van der Waals surface area contributed by atoms with Crippen LogP contribution in [-0.2, 0) is 14.8 Å². The molecule has 0 saturated carbocycles. The summed E-state index contributed by atoms with van der Waals surface area (Å²) in [4.78, 5) is 12.4. The number of rotatable bonds is 8. The van der Waals surface area contributed by atoms with Gasteiger partial charge in [-0.25, -0.2) is 8.42 Å². The second-order valence-corrected chi connectivity index (χ2v) is 7.61. The molecule has 0 bridgehead atoms. The predicted octanol–water partition coefficient (Wildman–Crippen LogP) is 2.82. The van der Waals surface area contributed by atoms with Gasteiger partial charge in [-0.2, -0.15) is 4.31 Å². The first-order chi connectivity index (χ1) is 12.4. The number of hydrogen-bond acceptors (Lipinski definition) is 4. The number of nitrogens with zero attached hydrogens (tertiary/aromatic N) is 1. The molecule has 0 aliphatic carbocycles. The van der Waals surface area contributed by atoms with Crippen molar-refractivity contribution in [2.24, 2.45) is 0 Å². The molecule has 6 nitrogen and oxygen atoms in total. The van der Waals surface area contributed by atoms with Crippen LogP contribution in [-0.4, -0.2) is 38.8 Å². The van der Waals surface area contributed by atoms with Gasteiger partial charge in [0, 0.05) is 12.2 Å². The average Bonchev–Trinajstić information content (AvgIpc) is 2.63. The summed E-state index contributed by atoms with van der Waals surface area (Å²) in [5.74, 6) is 0.129. The summed E-state index contributed by atoms with van der Waals surface area (Å²) >= 11 is 0. The predicted molar refractivity (Wildman–Crippen MR) is 102 cm³/mol. The summed E-state index contributed by atoms with van der Waals surface area (Å²) in [5.41, 5.74) is 1.68. The molecule has 2 rings (SSSR count). The number of methoxy groups -OCH3 is 1. The Labute approximate surface area is 154 Å². The smallest absolute Gasteiger partial charge is 0.243 e. The van der Waals surface area contributed by atoms with E-state index < -0.39 is 15.9 Å². The lowest BCUT2D eigenvalue weighted by Crippen LogP contribution is -2.38. The quantitative estimate of drug-likeness (QED) is 0.721. The van der Waals surface area contributed by atoms with E-state index in [4.69, 9.17) is 4.74 Å². The molecule has 0 fully saturated rings. The van der Waals surface area contributed by atoms with Crippen molar-refractivity contribution < 1.29 is 17.9 Å². The summed E-state index contributed by atoms with van der Waals surface area (Å²) in [7, 11) is -2.33. The molecule has 0 heterocycles. The fraction of sp³-hybridized carbons (Fsp3) is 0.211. The zero-order chi connectivity index (χ0) is 19.2. The van der Waals surface area contributed by atoms with Gasteiger partial charge >= 0.3 is 0 Å². The first-order valence-electron chi connectivity index (χ1n) is 7.98. The molecule has 138 valence electrons. The minimum Gasteiger partial charge on any atom is -0.497 e. The minimum atomic E-state index is -3.84. The summed E-state index contributed by atoms with van der Waals surface area (Å²) in [5, 5.41) is 2.70. The lowest BCUT2D eigenvalue weighted by Gasteiger charge is -2.20. The van der Waals surface area contributed by atoms with E-state index in [9.17, 15) is 13.2 Å². The minimum absolute atomic E-state index is 0.0235. The van der Waals surface area contributed by atoms with Crippen molar-refractivity contribution >= 4 is 21.6 Å². The normalized spacial score (nSPS) is 11.2. The summed E-state index contributed by atoms with van der Waals surface area (Å²) in [6, 6.07) is 13.3. The van der Waals surface area contributed by atoms with Crippen LogP contribution in [0.4, 0.5) is 5.69 Å². The number of anilines is 1. The van der Waals surface area contributed by atoms with Crippen LogP contribution in [0.2, 0.25) is 0 Å². The highest BCUT2D eigenvalue weighted by Crippen LogP contribution is 2.19. The number of amides is 1. The Bertz CT molecular complexity index is 859. The molecule has 1 N–H and O–H groups in total. The third-order valence-electron chi connectivity index (χ3n) is 3.69. The molecule has 0 aliphatic heterocycles. The number of ether oxygens (including phenoxy) is 1. The average molecular weight is 374 g/mol. The van der Waals surface area contributed by atoms with Crippen LogP contribution < -0.4 is 10.1 Å². The zero-order valence-corrected chi connectivity index (χ0v) is 15.6. The van der Waals surface area contributed by atoms with Crippen LogP contribution in [0.15, 0.2) is 66.1 Å². The van der Waals surface area contributed by atoms with Gasteiger partial charge in [0.05, 0.1) is 18.6 Å². The molecular weight excluding hydrogens is 352 g/mol. The zero-order valence-electron chi connectivity index (χ0n) is 14.8. The highest BCUT2D eigenvalue weighted by molar-refractivity contribution is 7.89.